The van der Waals surface area contributed by atoms with Gasteiger partial charge in [-0.25, -0.2) is 0 Å². The van der Waals surface area contributed by atoms with Crippen LogP contribution >= 0.6 is 0 Å². The molecule has 0 saturated carbocycles. The average molecular weight is 371 g/mol. The Hall–Kier alpha value is -2.99. The Morgan fingerprint density at radius 2 is 2.00 bits per heavy atom. The summed E-state index contributed by atoms with van der Waals surface area (Å²) >= 11 is 0. The Morgan fingerprint density at radius 3 is 2.75 bits per heavy atom. The second kappa shape index (κ2) is 5.52. The Morgan fingerprint density at radius 1 is 1.18 bits per heavy atom. The molecule has 140 valence electrons. The SMILES string of the molecule is Cn1c2c(c3c1-c1cc(-c4ccncc4)ncc1CC3)C(=O)NC1(CNC1)C2. The van der Waals surface area contributed by atoms with E-state index in [1.54, 1.807) is 12.4 Å². The molecule has 0 atom stereocenters. The molecule has 2 N–H and O–H groups in total. The first kappa shape index (κ1) is 16.0. The Labute approximate surface area is 163 Å². The van der Waals surface area contributed by atoms with E-state index in [-0.39, 0.29) is 11.4 Å². The fraction of sp³-hybridized carbons (Fsp3) is 0.318. The van der Waals surface area contributed by atoms with E-state index in [2.05, 4.69) is 38.3 Å². The molecule has 1 amide bonds. The number of hydrogen-bond acceptors (Lipinski definition) is 4. The third-order valence-electron chi connectivity index (χ3n) is 6.52. The molecule has 6 nitrogen and oxygen atoms in total. The highest BCUT2D eigenvalue weighted by Gasteiger charge is 2.46. The summed E-state index contributed by atoms with van der Waals surface area (Å²) in [6.45, 7) is 1.70. The summed E-state index contributed by atoms with van der Waals surface area (Å²) in [5, 5.41) is 6.58. The van der Waals surface area contributed by atoms with Crippen molar-refractivity contribution in [3.63, 3.8) is 0 Å². The summed E-state index contributed by atoms with van der Waals surface area (Å²) in [5.41, 5.74) is 8.80. The molecule has 0 aromatic carbocycles. The highest BCUT2D eigenvalue weighted by atomic mass is 16.2. The maximum Gasteiger partial charge on any atom is 0.253 e. The zero-order valence-electron chi connectivity index (χ0n) is 15.7. The minimum absolute atomic E-state index is 0.0893. The summed E-state index contributed by atoms with van der Waals surface area (Å²) in [4.78, 5) is 21.8. The van der Waals surface area contributed by atoms with Crippen molar-refractivity contribution in [3.05, 3.63) is 59.2 Å². The lowest BCUT2D eigenvalue weighted by Crippen LogP contribution is -2.71. The average Bonchev–Trinajstić information content (AvgIpc) is 3.00. The first-order valence-corrected chi connectivity index (χ1v) is 9.79. The molecule has 6 heteroatoms. The van der Waals surface area contributed by atoms with Crippen LogP contribution in [0.1, 0.15) is 27.2 Å². The molecule has 1 spiro atoms. The number of nitrogens with zero attached hydrogens (tertiary/aromatic N) is 3. The van der Waals surface area contributed by atoms with Gasteiger partial charge in [-0.3, -0.25) is 14.8 Å². The van der Waals surface area contributed by atoms with E-state index in [0.717, 1.165) is 49.2 Å². The van der Waals surface area contributed by atoms with Crippen LogP contribution in [0.5, 0.6) is 0 Å². The normalized spacial score (nSPS) is 18.7. The number of pyridine rings is 2. The Bertz CT molecular complexity index is 1130. The van der Waals surface area contributed by atoms with Crippen LogP contribution in [0.3, 0.4) is 0 Å². The highest BCUT2D eigenvalue weighted by Crippen LogP contribution is 2.42. The summed E-state index contributed by atoms with van der Waals surface area (Å²) < 4.78 is 2.26. The van der Waals surface area contributed by atoms with Gasteiger partial charge in [0.15, 0.2) is 0 Å². The molecular weight excluding hydrogens is 350 g/mol. The molecule has 3 aromatic heterocycles. The monoisotopic (exact) mass is 371 g/mol. The van der Waals surface area contributed by atoms with E-state index in [1.807, 2.05) is 18.3 Å². The molecule has 3 aromatic rings. The van der Waals surface area contributed by atoms with Crippen molar-refractivity contribution in [1.29, 1.82) is 0 Å². The number of carbonyl (C=O) groups is 1. The predicted molar refractivity (Wildman–Crippen MR) is 106 cm³/mol. The van der Waals surface area contributed by atoms with Gasteiger partial charge in [0.1, 0.15) is 0 Å². The van der Waals surface area contributed by atoms with Gasteiger partial charge in [-0.05, 0) is 42.2 Å². The maximum absolute atomic E-state index is 13.0. The van der Waals surface area contributed by atoms with Crippen molar-refractivity contribution in [1.82, 2.24) is 25.2 Å². The maximum atomic E-state index is 13.0. The molecule has 1 saturated heterocycles. The van der Waals surface area contributed by atoms with Gasteiger partial charge in [-0.15, -0.1) is 0 Å². The quantitative estimate of drug-likeness (QED) is 0.685. The largest absolute Gasteiger partial charge is 0.347 e. The number of rotatable bonds is 1. The first-order chi connectivity index (χ1) is 13.7. The molecule has 1 aliphatic carbocycles. The highest BCUT2D eigenvalue weighted by molar-refractivity contribution is 6.01. The van der Waals surface area contributed by atoms with Crippen LogP contribution in [-0.2, 0) is 26.3 Å². The van der Waals surface area contributed by atoms with Crippen LogP contribution < -0.4 is 10.6 Å². The van der Waals surface area contributed by atoms with Crippen LogP contribution in [0.2, 0.25) is 0 Å². The lowest BCUT2D eigenvalue weighted by molar-refractivity contribution is 0.0824. The van der Waals surface area contributed by atoms with Gasteiger partial charge in [0, 0.05) is 62.0 Å². The van der Waals surface area contributed by atoms with Gasteiger partial charge < -0.3 is 15.2 Å². The number of aryl methyl sites for hydroxylation is 1. The topological polar surface area (TPSA) is 71.8 Å². The van der Waals surface area contributed by atoms with Gasteiger partial charge >= 0.3 is 0 Å². The lowest BCUT2D eigenvalue weighted by Gasteiger charge is -2.45. The van der Waals surface area contributed by atoms with Crippen LogP contribution in [0.15, 0.2) is 36.8 Å². The van der Waals surface area contributed by atoms with Gasteiger partial charge in [0.25, 0.3) is 5.91 Å². The van der Waals surface area contributed by atoms with E-state index < -0.39 is 0 Å². The minimum Gasteiger partial charge on any atom is -0.347 e. The van der Waals surface area contributed by atoms with Gasteiger partial charge in [-0.1, -0.05) is 0 Å². The second-order valence-electron chi connectivity index (χ2n) is 8.19. The van der Waals surface area contributed by atoms with Gasteiger partial charge in [0.2, 0.25) is 0 Å². The Kier molecular flexibility index (Phi) is 3.15. The molecule has 28 heavy (non-hydrogen) atoms. The van der Waals surface area contributed by atoms with Crippen LogP contribution in [0, 0.1) is 0 Å². The summed E-state index contributed by atoms with van der Waals surface area (Å²) in [7, 11) is 2.11. The number of hydrogen-bond donors (Lipinski definition) is 2. The van der Waals surface area contributed by atoms with Crippen LogP contribution in [-0.4, -0.2) is 39.1 Å². The summed E-state index contributed by atoms with van der Waals surface area (Å²) in [6.07, 6.45) is 8.28. The van der Waals surface area contributed by atoms with Crippen molar-refractivity contribution in [2.45, 2.75) is 24.8 Å². The van der Waals surface area contributed by atoms with Crippen molar-refractivity contribution < 1.29 is 4.79 Å². The number of aromatic nitrogens is 3. The van der Waals surface area contributed by atoms with Crippen molar-refractivity contribution in [3.8, 4) is 22.5 Å². The third-order valence-corrected chi connectivity index (χ3v) is 6.52. The number of nitrogens with one attached hydrogen (secondary N) is 2. The molecule has 2 aliphatic heterocycles. The van der Waals surface area contributed by atoms with E-state index >= 15 is 0 Å². The standard InChI is InChI=1S/C22H21N5O/c1-27-18-9-22(11-24-12-22)26-21(28)19(18)15-3-2-14-10-25-17(8-16(14)20(15)27)13-4-6-23-7-5-13/h4-8,10,24H,2-3,9,11-12H2,1H3,(H,26,28). The fourth-order valence-corrected chi connectivity index (χ4v) is 5.01. The number of carbonyl (C=O) groups excluding carboxylic acids is 1. The molecule has 0 unspecified atom stereocenters. The van der Waals surface area contributed by atoms with Crippen LogP contribution in [0.25, 0.3) is 22.5 Å². The van der Waals surface area contributed by atoms with E-state index in [4.69, 9.17) is 0 Å². The zero-order valence-corrected chi connectivity index (χ0v) is 15.7. The third kappa shape index (κ3) is 2.09. The minimum atomic E-state index is -0.109. The van der Waals surface area contributed by atoms with E-state index in [1.165, 1.54) is 28.1 Å². The van der Waals surface area contributed by atoms with E-state index in [0.29, 0.717) is 0 Å². The summed E-state index contributed by atoms with van der Waals surface area (Å²) in [6, 6.07) is 6.14. The first-order valence-electron chi connectivity index (χ1n) is 9.79. The second-order valence-corrected chi connectivity index (χ2v) is 8.19. The molecule has 1 fully saturated rings. The zero-order chi connectivity index (χ0) is 18.9. The molecular formula is C22H21N5O. The summed E-state index contributed by atoms with van der Waals surface area (Å²) in [5.74, 6) is 0.0893. The lowest BCUT2D eigenvalue weighted by atomic mass is 9.81. The van der Waals surface area contributed by atoms with E-state index in [9.17, 15) is 4.79 Å². The number of amides is 1. The molecule has 6 rings (SSSR count). The van der Waals surface area contributed by atoms with Crippen molar-refractivity contribution in [2.75, 3.05) is 13.1 Å². The van der Waals surface area contributed by atoms with Gasteiger partial charge in [0.05, 0.1) is 22.5 Å². The number of fused-ring (bicyclic) bond motifs is 5. The molecule has 3 aliphatic rings. The fourth-order valence-electron chi connectivity index (χ4n) is 5.01. The molecule has 0 radical (unpaired) electrons. The van der Waals surface area contributed by atoms with Crippen LogP contribution in [0.4, 0.5) is 0 Å². The Balaban J connectivity index is 1.54. The van der Waals surface area contributed by atoms with Crippen molar-refractivity contribution in [2.24, 2.45) is 7.05 Å². The smallest absolute Gasteiger partial charge is 0.253 e. The predicted octanol–water partition coefficient (Wildman–Crippen LogP) is 1.88. The van der Waals surface area contributed by atoms with Crippen molar-refractivity contribution >= 4 is 5.91 Å². The molecule has 0 bridgehead atoms. The molecule has 5 heterocycles. The van der Waals surface area contributed by atoms with Gasteiger partial charge in [-0.2, -0.15) is 0 Å².